The molecule has 1 fully saturated rings. The summed E-state index contributed by atoms with van der Waals surface area (Å²) >= 11 is 1.41. The largest absolute Gasteiger partial charge is 0.494 e. The van der Waals surface area contributed by atoms with Crippen LogP contribution in [0.15, 0.2) is 29.2 Å². The van der Waals surface area contributed by atoms with Gasteiger partial charge in [-0.1, -0.05) is 0 Å². The summed E-state index contributed by atoms with van der Waals surface area (Å²) in [5, 5.41) is 12.2. The molecule has 1 amide bonds. The van der Waals surface area contributed by atoms with Crippen molar-refractivity contribution >= 4 is 23.6 Å². The highest BCUT2D eigenvalue weighted by molar-refractivity contribution is 8.00. The number of carbonyl (C=O) groups is 2. The van der Waals surface area contributed by atoms with Crippen molar-refractivity contribution in [3.63, 3.8) is 0 Å². The highest BCUT2D eigenvalue weighted by atomic mass is 32.2. The van der Waals surface area contributed by atoms with Crippen molar-refractivity contribution in [3.05, 3.63) is 24.3 Å². The van der Waals surface area contributed by atoms with Gasteiger partial charge in [0.2, 0.25) is 5.91 Å². The standard InChI is InChI=1S/C17H23NO5S/c1-2-23-13-3-5-14(6-4-13)24-11-15(19)18-12-17(16(20)21)7-9-22-10-8-17/h3-6H,2,7-12H2,1H3,(H,18,19)(H,20,21). The Labute approximate surface area is 145 Å². The van der Waals surface area contributed by atoms with Crippen molar-refractivity contribution in [1.82, 2.24) is 5.32 Å². The Balaban J connectivity index is 1.79. The number of carboxylic acids is 1. The van der Waals surface area contributed by atoms with Crippen LogP contribution in [0.3, 0.4) is 0 Å². The number of amides is 1. The molecule has 24 heavy (non-hydrogen) atoms. The van der Waals surface area contributed by atoms with Gasteiger partial charge in [0.25, 0.3) is 0 Å². The highest BCUT2D eigenvalue weighted by Crippen LogP contribution is 2.30. The van der Waals surface area contributed by atoms with Crippen LogP contribution in [-0.2, 0) is 14.3 Å². The average molecular weight is 353 g/mol. The molecule has 0 atom stereocenters. The number of carboxylic acid groups (broad SMARTS) is 1. The van der Waals surface area contributed by atoms with Crippen molar-refractivity contribution in [2.75, 3.05) is 32.1 Å². The summed E-state index contributed by atoms with van der Waals surface area (Å²) in [5.74, 6) is 0.0145. The maximum Gasteiger partial charge on any atom is 0.311 e. The minimum Gasteiger partial charge on any atom is -0.494 e. The zero-order valence-corrected chi connectivity index (χ0v) is 14.6. The normalized spacial score (nSPS) is 16.4. The van der Waals surface area contributed by atoms with E-state index in [1.807, 2.05) is 31.2 Å². The van der Waals surface area contributed by atoms with E-state index in [0.717, 1.165) is 10.6 Å². The van der Waals surface area contributed by atoms with E-state index in [-0.39, 0.29) is 18.2 Å². The Morgan fingerprint density at radius 2 is 1.96 bits per heavy atom. The van der Waals surface area contributed by atoms with E-state index in [1.54, 1.807) is 0 Å². The van der Waals surface area contributed by atoms with Crippen molar-refractivity contribution < 1.29 is 24.2 Å². The van der Waals surface area contributed by atoms with Gasteiger partial charge in [-0.25, -0.2) is 0 Å². The number of hydrogen-bond donors (Lipinski definition) is 2. The maximum absolute atomic E-state index is 12.0. The number of hydrogen-bond acceptors (Lipinski definition) is 5. The Kier molecular flexibility index (Phi) is 6.93. The van der Waals surface area contributed by atoms with Gasteiger partial charge in [0.05, 0.1) is 17.8 Å². The number of nitrogens with one attached hydrogen (secondary N) is 1. The van der Waals surface area contributed by atoms with Crippen molar-refractivity contribution in [2.24, 2.45) is 5.41 Å². The van der Waals surface area contributed by atoms with Crippen molar-refractivity contribution in [1.29, 1.82) is 0 Å². The summed E-state index contributed by atoms with van der Waals surface area (Å²) in [4.78, 5) is 24.5. The van der Waals surface area contributed by atoms with Crippen molar-refractivity contribution in [3.8, 4) is 5.75 Å². The first kappa shape index (κ1) is 18.6. The summed E-state index contributed by atoms with van der Waals surface area (Å²) < 4.78 is 10.6. The SMILES string of the molecule is CCOc1ccc(SCC(=O)NCC2(C(=O)O)CCOCC2)cc1. The van der Waals surface area contributed by atoms with Gasteiger partial charge < -0.3 is 19.9 Å². The van der Waals surface area contributed by atoms with Gasteiger partial charge in [0, 0.05) is 24.7 Å². The molecule has 0 aliphatic carbocycles. The van der Waals surface area contributed by atoms with E-state index in [0.29, 0.717) is 32.7 Å². The van der Waals surface area contributed by atoms with Crippen LogP contribution in [0, 0.1) is 5.41 Å². The quantitative estimate of drug-likeness (QED) is 0.697. The monoisotopic (exact) mass is 353 g/mol. The van der Waals surface area contributed by atoms with Crippen molar-refractivity contribution in [2.45, 2.75) is 24.7 Å². The molecule has 0 unspecified atom stereocenters. The van der Waals surface area contributed by atoms with E-state index >= 15 is 0 Å². The van der Waals surface area contributed by atoms with E-state index in [9.17, 15) is 14.7 Å². The molecule has 1 saturated heterocycles. The lowest BCUT2D eigenvalue weighted by atomic mass is 9.80. The molecule has 1 aromatic carbocycles. The molecular weight excluding hydrogens is 330 g/mol. The number of thioether (sulfide) groups is 1. The predicted octanol–water partition coefficient (Wildman–Crippen LogP) is 2.17. The minimum absolute atomic E-state index is 0.147. The fraction of sp³-hybridized carbons (Fsp3) is 0.529. The second-order valence-corrected chi connectivity index (χ2v) is 6.72. The lowest BCUT2D eigenvalue weighted by Crippen LogP contribution is -2.46. The summed E-state index contributed by atoms with van der Waals surface area (Å²) in [6.07, 6.45) is 0.850. The fourth-order valence-electron chi connectivity index (χ4n) is 2.49. The summed E-state index contributed by atoms with van der Waals surface area (Å²) in [6, 6.07) is 7.54. The lowest BCUT2D eigenvalue weighted by Gasteiger charge is -2.33. The highest BCUT2D eigenvalue weighted by Gasteiger charge is 2.40. The summed E-state index contributed by atoms with van der Waals surface area (Å²) in [5.41, 5.74) is -0.905. The number of aliphatic carboxylic acids is 1. The third-order valence-corrected chi connectivity index (χ3v) is 5.04. The Morgan fingerprint density at radius 3 is 2.54 bits per heavy atom. The molecule has 1 aromatic rings. The molecular formula is C17H23NO5S. The molecule has 0 bridgehead atoms. The molecule has 2 N–H and O–H groups in total. The van der Waals surface area contributed by atoms with E-state index < -0.39 is 11.4 Å². The molecule has 2 rings (SSSR count). The van der Waals surface area contributed by atoms with Gasteiger partial charge in [-0.15, -0.1) is 11.8 Å². The second-order valence-electron chi connectivity index (χ2n) is 5.67. The molecule has 6 nitrogen and oxygen atoms in total. The number of carbonyl (C=O) groups excluding carboxylic acids is 1. The summed E-state index contributed by atoms with van der Waals surface area (Å²) in [7, 11) is 0. The van der Waals surface area contributed by atoms with Gasteiger partial charge in [0.1, 0.15) is 5.75 Å². The van der Waals surface area contributed by atoms with Gasteiger partial charge in [-0.3, -0.25) is 9.59 Å². The average Bonchev–Trinajstić information content (AvgIpc) is 2.60. The number of rotatable bonds is 8. The first-order valence-corrected chi connectivity index (χ1v) is 8.98. The molecule has 0 radical (unpaired) electrons. The molecule has 1 aliphatic heterocycles. The topological polar surface area (TPSA) is 84.9 Å². The van der Waals surface area contributed by atoms with Crippen LogP contribution < -0.4 is 10.1 Å². The van der Waals surface area contributed by atoms with Crippen LogP contribution in [0.25, 0.3) is 0 Å². The molecule has 0 spiro atoms. The maximum atomic E-state index is 12.0. The zero-order valence-electron chi connectivity index (χ0n) is 13.7. The van der Waals surface area contributed by atoms with Crippen LogP contribution in [0.4, 0.5) is 0 Å². The van der Waals surface area contributed by atoms with Crippen LogP contribution in [0.1, 0.15) is 19.8 Å². The number of ether oxygens (including phenoxy) is 2. The molecule has 0 aromatic heterocycles. The van der Waals surface area contributed by atoms with Crippen LogP contribution in [0.5, 0.6) is 5.75 Å². The number of benzene rings is 1. The first-order valence-electron chi connectivity index (χ1n) is 7.99. The van der Waals surface area contributed by atoms with E-state index in [4.69, 9.17) is 9.47 Å². The Bertz CT molecular complexity index is 555. The van der Waals surface area contributed by atoms with Crippen LogP contribution >= 0.6 is 11.8 Å². The third-order valence-electron chi connectivity index (χ3n) is 4.03. The van der Waals surface area contributed by atoms with Gasteiger partial charge in [0.15, 0.2) is 0 Å². The van der Waals surface area contributed by atoms with Gasteiger partial charge in [-0.2, -0.15) is 0 Å². The summed E-state index contributed by atoms with van der Waals surface area (Å²) in [6.45, 7) is 3.53. The molecule has 132 valence electrons. The van der Waals surface area contributed by atoms with Gasteiger partial charge >= 0.3 is 5.97 Å². The Hall–Kier alpha value is -1.73. The second kappa shape index (κ2) is 8.94. The Morgan fingerprint density at radius 1 is 1.29 bits per heavy atom. The predicted molar refractivity (Wildman–Crippen MR) is 91.5 cm³/mol. The lowest BCUT2D eigenvalue weighted by molar-refractivity contribution is -0.154. The molecule has 0 saturated carbocycles. The van der Waals surface area contributed by atoms with E-state index in [2.05, 4.69) is 5.32 Å². The minimum atomic E-state index is -0.905. The molecule has 1 aliphatic rings. The third kappa shape index (κ3) is 5.14. The van der Waals surface area contributed by atoms with Gasteiger partial charge in [-0.05, 0) is 44.0 Å². The van der Waals surface area contributed by atoms with Crippen LogP contribution in [0.2, 0.25) is 0 Å². The van der Waals surface area contributed by atoms with E-state index in [1.165, 1.54) is 11.8 Å². The molecule has 1 heterocycles. The first-order chi connectivity index (χ1) is 11.6. The zero-order chi connectivity index (χ0) is 17.4. The molecule has 7 heteroatoms. The smallest absolute Gasteiger partial charge is 0.311 e. The fourth-order valence-corrected chi connectivity index (χ4v) is 3.22. The van der Waals surface area contributed by atoms with Crippen LogP contribution in [-0.4, -0.2) is 49.1 Å².